The summed E-state index contributed by atoms with van der Waals surface area (Å²) in [5, 5.41) is 17.6. The molecule has 0 radical (unpaired) electrons. The van der Waals surface area contributed by atoms with Gasteiger partial charge in [0.2, 0.25) is 11.0 Å². The number of hydrogen-bond acceptors (Lipinski definition) is 6. The first-order chi connectivity index (χ1) is 11.9. The van der Waals surface area contributed by atoms with E-state index in [9.17, 15) is 9.59 Å². The second-order valence-corrected chi connectivity index (χ2v) is 7.15. The number of aromatic nitrogens is 2. The van der Waals surface area contributed by atoms with Gasteiger partial charge in [-0.15, -0.1) is 10.2 Å². The van der Waals surface area contributed by atoms with Crippen LogP contribution in [0.4, 0.5) is 10.8 Å². The minimum atomic E-state index is -0.350. The maximum absolute atomic E-state index is 12.5. The van der Waals surface area contributed by atoms with E-state index in [1.807, 2.05) is 39.0 Å². The second-order valence-electron chi connectivity index (χ2n) is 6.15. The topological polar surface area (TPSA) is 87.6 Å². The molecule has 1 aromatic carbocycles. The molecule has 1 N–H and O–H groups in total. The predicted octanol–water partition coefficient (Wildman–Crippen LogP) is 3.09. The van der Waals surface area contributed by atoms with Crippen LogP contribution in [0.25, 0.3) is 0 Å². The Morgan fingerprint density at radius 1 is 1.28 bits per heavy atom. The van der Waals surface area contributed by atoms with Crippen LogP contribution < -0.4 is 10.3 Å². The van der Waals surface area contributed by atoms with Gasteiger partial charge >= 0.3 is 0 Å². The number of hydrogen-bond donors (Lipinski definition) is 1. The van der Waals surface area contributed by atoms with Crippen LogP contribution in [0, 0.1) is 6.92 Å². The molecule has 130 valence electrons. The Hall–Kier alpha value is -2.61. The van der Waals surface area contributed by atoms with E-state index in [1.165, 1.54) is 16.3 Å². The molecule has 3 rings (SSSR count). The average Bonchev–Trinajstić information content (AvgIpc) is 3.04. The SMILES string of the molecule is Cc1cccc(N2N=C(C(=O)Nc3nnc(C(C)C)s3)CCC2=O)c1. The van der Waals surface area contributed by atoms with Gasteiger partial charge in [0.25, 0.3) is 5.91 Å². The fourth-order valence-corrected chi connectivity index (χ4v) is 3.11. The van der Waals surface area contributed by atoms with Crippen LogP contribution >= 0.6 is 11.3 Å². The Morgan fingerprint density at radius 3 is 2.76 bits per heavy atom. The highest BCUT2D eigenvalue weighted by atomic mass is 32.1. The summed E-state index contributed by atoms with van der Waals surface area (Å²) in [6, 6.07) is 7.46. The zero-order chi connectivity index (χ0) is 18.0. The number of nitrogens with zero attached hydrogens (tertiary/aromatic N) is 4. The first kappa shape index (κ1) is 17.2. The van der Waals surface area contributed by atoms with E-state index in [1.54, 1.807) is 6.07 Å². The van der Waals surface area contributed by atoms with E-state index in [4.69, 9.17) is 0 Å². The number of rotatable bonds is 4. The van der Waals surface area contributed by atoms with Crippen LogP contribution in [0.5, 0.6) is 0 Å². The van der Waals surface area contributed by atoms with Gasteiger partial charge in [-0.05, 0) is 24.6 Å². The zero-order valence-electron chi connectivity index (χ0n) is 14.3. The van der Waals surface area contributed by atoms with E-state index in [-0.39, 0.29) is 24.2 Å². The second kappa shape index (κ2) is 7.10. The third-order valence-electron chi connectivity index (χ3n) is 3.70. The van der Waals surface area contributed by atoms with E-state index in [0.29, 0.717) is 23.0 Å². The summed E-state index contributed by atoms with van der Waals surface area (Å²) in [6.07, 6.45) is 0.552. The third-order valence-corrected chi connectivity index (χ3v) is 4.84. The van der Waals surface area contributed by atoms with Crippen molar-refractivity contribution < 1.29 is 9.59 Å². The maximum Gasteiger partial charge on any atom is 0.273 e. The molecule has 1 aromatic heterocycles. The molecule has 2 amide bonds. The number of benzene rings is 1. The molecule has 0 fully saturated rings. The van der Waals surface area contributed by atoms with Gasteiger partial charge in [0.05, 0.1) is 5.69 Å². The Bertz CT molecular complexity index is 843. The van der Waals surface area contributed by atoms with Crippen molar-refractivity contribution in [2.45, 2.75) is 39.5 Å². The Morgan fingerprint density at radius 2 is 2.08 bits per heavy atom. The van der Waals surface area contributed by atoms with Gasteiger partial charge in [-0.25, -0.2) is 5.01 Å². The molecule has 0 aliphatic carbocycles. The molecule has 0 saturated heterocycles. The summed E-state index contributed by atoms with van der Waals surface area (Å²) in [5.41, 5.74) is 1.99. The van der Waals surface area contributed by atoms with Crippen LogP contribution in [0.3, 0.4) is 0 Å². The van der Waals surface area contributed by atoms with Crippen molar-refractivity contribution in [3.8, 4) is 0 Å². The molecule has 7 nitrogen and oxygen atoms in total. The molecule has 1 aliphatic rings. The normalized spacial score (nSPS) is 14.6. The summed E-state index contributed by atoms with van der Waals surface area (Å²) in [7, 11) is 0. The smallest absolute Gasteiger partial charge is 0.273 e. The van der Waals surface area contributed by atoms with E-state index < -0.39 is 0 Å². The highest BCUT2D eigenvalue weighted by Crippen LogP contribution is 2.24. The number of nitrogens with one attached hydrogen (secondary N) is 1. The van der Waals surface area contributed by atoms with Gasteiger partial charge in [-0.2, -0.15) is 5.10 Å². The molecular weight excluding hydrogens is 338 g/mol. The standard InChI is InChI=1S/C17H19N5O2S/c1-10(2)16-19-20-17(25-16)18-15(24)13-7-8-14(23)22(21-13)12-6-4-5-11(3)9-12/h4-6,9-10H,7-8H2,1-3H3,(H,18,20,24). The summed E-state index contributed by atoms with van der Waals surface area (Å²) in [5.74, 6) is -0.221. The number of hydrazone groups is 1. The number of amides is 2. The van der Waals surface area contributed by atoms with Crippen LogP contribution in [0.2, 0.25) is 0 Å². The highest BCUT2D eigenvalue weighted by Gasteiger charge is 2.26. The van der Waals surface area contributed by atoms with Crippen molar-refractivity contribution >= 4 is 39.7 Å². The van der Waals surface area contributed by atoms with Crippen molar-refractivity contribution in [2.75, 3.05) is 10.3 Å². The lowest BCUT2D eigenvalue weighted by molar-refractivity contribution is -0.118. The molecule has 2 heterocycles. The lowest BCUT2D eigenvalue weighted by Crippen LogP contribution is -2.36. The largest absolute Gasteiger partial charge is 0.295 e. The Balaban J connectivity index is 1.79. The fourth-order valence-electron chi connectivity index (χ4n) is 2.37. The van der Waals surface area contributed by atoms with Crippen LogP contribution in [-0.2, 0) is 9.59 Å². The van der Waals surface area contributed by atoms with Gasteiger partial charge in [0, 0.05) is 18.8 Å². The molecule has 0 spiro atoms. The Labute approximate surface area is 149 Å². The molecule has 25 heavy (non-hydrogen) atoms. The fraction of sp³-hybridized carbons (Fsp3) is 0.353. The molecule has 1 aliphatic heterocycles. The quantitative estimate of drug-likeness (QED) is 0.911. The molecular formula is C17H19N5O2S. The van der Waals surface area contributed by atoms with Crippen molar-refractivity contribution in [3.05, 3.63) is 34.8 Å². The van der Waals surface area contributed by atoms with Gasteiger partial charge in [-0.1, -0.05) is 37.3 Å². The summed E-state index contributed by atoms with van der Waals surface area (Å²) in [4.78, 5) is 24.6. The summed E-state index contributed by atoms with van der Waals surface area (Å²) < 4.78 is 0. The third kappa shape index (κ3) is 3.90. The van der Waals surface area contributed by atoms with Gasteiger partial charge < -0.3 is 0 Å². The lowest BCUT2D eigenvalue weighted by atomic mass is 10.1. The van der Waals surface area contributed by atoms with E-state index >= 15 is 0 Å². The minimum Gasteiger partial charge on any atom is -0.295 e. The Kier molecular flexibility index (Phi) is 4.89. The van der Waals surface area contributed by atoms with Gasteiger partial charge in [-0.3, -0.25) is 14.9 Å². The van der Waals surface area contributed by atoms with Crippen molar-refractivity contribution in [1.82, 2.24) is 10.2 Å². The molecule has 0 unspecified atom stereocenters. The van der Waals surface area contributed by atoms with E-state index in [2.05, 4.69) is 20.6 Å². The average molecular weight is 357 g/mol. The maximum atomic E-state index is 12.5. The first-order valence-corrected chi connectivity index (χ1v) is 8.87. The number of carbonyl (C=O) groups excluding carboxylic acids is 2. The zero-order valence-corrected chi connectivity index (χ0v) is 15.1. The van der Waals surface area contributed by atoms with Crippen LogP contribution in [-0.4, -0.2) is 27.7 Å². The van der Waals surface area contributed by atoms with Gasteiger partial charge in [0.1, 0.15) is 10.7 Å². The van der Waals surface area contributed by atoms with Gasteiger partial charge in [0.15, 0.2) is 0 Å². The highest BCUT2D eigenvalue weighted by molar-refractivity contribution is 7.15. The predicted molar refractivity (Wildman–Crippen MR) is 98.0 cm³/mol. The monoisotopic (exact) mass is 357 g/mol. The van der Waals surface area contributed by atoms with Crippen molar-refractivity contribution in [2.24, 2.45) is 5.10 Å². The van der Waals surface area contributed by atoms with E-state index in [0.717, 1.165) is 10.6 Å². The molecule has 0 bridgehead atoms. The summed E-state index contributed by atoms with van der Waals surface area (Å²) in [6.45, 7) is 5.97. The minimum absolute atomic E-state index is 0.125. The van der Waals surface area contributed by atoms with Crippen molar-refractivity contribution in [1.29, 1.82) is 0 Å². The van der Waals surface area contributed by atoms with Crippen LogP contribution in [0.15, 0.2) is 29.4 Å². The van der Waals surface area contributed by atoms with Crippen molar-refractivity contribution in [3.63, 3.8) is 0 Å². The van der Waals surface area contributed by atoms with Crippen LogP contribution in [0.1, 0.15) is 43.2 Å². The lowest BCUT2D eigenvalue weighted by Gasteiger charge is -2.23. The summed E-state index contributed by atoms with van der Waals surface area (Å²) >= 11 is 1.34. The number of anilines is 2. The molecule has 2 aromatic rings. The number of carbonyl (C=O) groups is 2. The molecule has 0 atom stereocenters. The molecule has 0 saturated carbocycles. The number of aryl methyl sites for hydroxylation is 1. The molecule has 8 heteroatoms. The first-order valence-electron chi connectivity index (χ1n) is 8.06.